The highest BCUT2D eigenvalue weighted by atomic mass is 32.1. The Kier molecular flexibility index (Phi) is 3.82. The summed E-state index contributed by atoms with van der Waals surface area (Å²) in [5, 5.41) is 0.539. The molecule has 5 nitrogen and oxygen atoms in total. The van der Waals surface area contributed by atoms with Crippen LogP contribution in [0.15, 0.2) is 18.2 Å². The fraction of sp³-hybridized carbons (Fsp3) is 0.467. The Labute approximate surface area is 128 Å². The number of hydrogen-bond donors (Lipinski definition) is 1. The van der Waals surface area contributed by atoms with Crippen LogP contribution in [0.5, 0.6) is 0 Å². The first-order valence-electron chi connectivity index (χ1n) is 7.13. The summed E-state index contributed by atoms with van der Waals surface area (Å²) in [6, 6.07) is 5.59. The normalized spacial score (nSPS) is 19.2. The van der Waals surface area contributed by atoms with Gasteiger partial charge in [0.05, 0.1) is 10.2 Å². The van der Waals surface area contributed by atoms with Crippen LogP contribution in [0.3, 0.4) is 0 Å². The van der Waals surface area contributed by atoms with Gasteiger partial charge in [-0.2, -0.15) is 0 Å². The molecule has 0 radical (unpaired) electrons. The highest BCUT2D eigenvalue weighted by Gasteiger charge is 2.23. The van der Waals surface area contributed by atoms with Crippen molar-refractivity contribution in [3.8, 4) is 0 Å². The van der Waals surface area contributed by atoms with E-state index in [1.807, 2.05) is 30.1 Å². The monoisotopic (exact) mass is 304 g/mol. The van der Waals surface area contributed by atoms with Crippen molar-refractivity contribution in [1.82, 2.24) is 14.8 Å². The van der Waals surface area contributed by atoms with E-state index in [0.717, 1.165) is 29.9 Å². The lowest BCUT2D eigenvalue weighted by Gasteiger charge is -2.21. The molecule has 3 rings (SSSR count). The zero-order chi connectivity index (χ0) is 15.0. The van der Waals surface area contributed by atoms with E-state index in [4.69, 9.17) is 5.73 Å². The molecule has 1 aromatic heterocycles. The first kappa shape index (κ1) is 14.3. The molecular formula is C15H20N4OS. The Morgan fingerprint density at radius 3 is 3.10 bits per heavy atom. The van der Waals surface area contributed by atoms with Crippen molar-refractivity contribution in [3.63, 3.8) is 0 Å². The average Bonchev–Trinajstić information content (AvgIpc) is 3.01. The van der Waals surface area contributed by atoms with Crippen LogP contribution >= 0.6 is 11.3 Å². The summed E-state index contributed by atoms with van der Waals surface area (Å²) in [5.74, 6) is 0.644. The van der Waals surface area contributed by atoms with Crippen LogP contribution in [-0.4, -0.2) is 54.4 Å². The predicted molar refractivity (Wildman–Crippen MR) is 86.6 cm³/mol. The minimum Gasteiger partial charge on any atom is -0.375 e. The van der Waals surface area contributed by atoms with Crippen molar-refractivity contribution >= 4 is 32.6 Å². The number of hydrogen-bond acceptors (Lipinski definition) is 5. The number of amides is 1. The molecule has 2 N–H and O–H groups in total. The van der Waals surface area contributed by atoms with Gasteiger partial charge in [0, 0.05) is 25.7 Å². The molecule has 1 saturated heterocycles. The lowest BCUT2D eigenvalue weighted by Crippen LogP contribution is -2.32. The number of nitrogen functional groups attached to an aromatic ring is 1. The van der Waals surface area contributed by atoms with Crippen molar-refractivity contribution in [3.05, 3.63) is 23.8 Å². The Hall–Kier alpha value is -1.66. The van der Waals surface area contributed by atoms with Crippen molar-refractivity contribution in [2.75, 3.05) is 39.5 Å². The van der Waals surface area contributed by atoms with Crippen LogP contribution in [0.4, 0.5) is 5.13 Å². The van der Waals surface area contributed by atoms with Gasteiger partial charge in [-0.25, -0.2) is 4.98 Å². The van der Waals surface area contributed by atoms with E-state index in [1.54, 1.807) is 0 Å². The van der Waals surface area contributed by atoms with Gasteiger partial charge in [0.25, 0.3) is 5.91 Å². The number of nitrogens with zero attached hydrogens (tertiary/aromatic N) is 3. The number of fused-ring (bicyclic) bond motifs is 1. The van der Waals surface area contributed by atoms with Gasteiger partial charge in [0.1, 0.15) is 0 Å². The van der Waals surface area contributed by atoms with Crippen molar-refractivity contribution < 1.29 is 4.79 Å². The second-order valence-corrected chi connectivity index (χ2v) is 6.90. The van der Waals surface area contributed by atoms with E-state index in [-0.39, 0.29) is 5.91 Å². The Morgan fingerprint density at radius 1 is 1.57 bits per heavy atom. The summed E-state index contributed by atoms with van der Waals surface area (Å²) in [7, 11) is 4.01. The minimum absolute atomic E-state index is 0.0680. The van der Waals surface area contributed by atoms with Gasteiger partial charge in [0.15, 0.2) is 5.13 Å². The second kappa shape index (κ2) is 5.61. The van der Waals surface area contributed by atoms with Crippen LogP contribution in [0.2, 0.25) is 0 Å². The van der Waals surface area contributed by atoms with Crippen molar-refractivity contribution in [1.29, 1.82) is 0 Å². The van der Waals surface area contributed by atoms with Crippen LogP contribution < -0.4 is 5.73 Å². The lowest BCUT2D eigenvalue weighted by molar-refractivity contribution is 0.0774. The predicted octanol–water partition coefficient (Wildman–Crippen LogP) is 1.90. The summed E-state index contributed by atoms with van der Waals surface area (Å²) in [4.78, 5) is 20.9. The number of aromatic nitrogens is 1. The quantitative estimate of drug-likeness (QED) is 0.941. The molecule has 6 heteroatoms. The number of carbonyl (C=O) groups excluding carboxylic acids is 1. The Bertz CT molecular complexity index is 669. The topological polar surface area (TPSA) is 62.5 Å². The zero-order valence-electron chi connectivity index (χ0n) is 12.4. The van der Waals surface area contributed by atoms with E-state index in [2.05, 4.69) is 16.9 Å². The van der Waals surface area contributed by atoms with Gasteiger partial charge < -0.3 is 15.5 Å². The van der Waals surface area contributed by atoms with E-state index >= 15 is 0 Å². The van der Waals surface area contributed by atoms with Crippen LogP contribution in [0.25, 0.3) is 10.2 Å². The number of carbonyl (C=O) groups is 1. The molecule has 1 amide bonds. The van der Waals surface area contributed by atoms with E-state index in [1.165, 1.54) is 17.8 Å². The van der Waals surface area contributed by atoms with E-state index < -0.39 is 0 Å². The van der Waals surface area contributed by atoms with Gasteiger partial charge in [-0.1, -0.05) is 11.3 Å². The van der Waals surface area contributed by atoms with Crippen LogP contribution in [0.1, 0.15) is 16.8 Å². The zero-order valence-corrected chi connectivity index (χ0v) is 13.2. The van der Waals surface area contributed by atoms with E-state index in [0.29, 0.717) is 16.6 Å². The maximum Gasteiger partial charge on any atom is 0.253 e. The Morgan fingerprint density at radius 2 is 2.38 bits per heavy atom. The first-order chi connectivity index (χ1) is 10.0. The molecule has 1 aromatic carbocycles. The third kappa shape index (κ3) is 3.01. The molecule has 1 aliphatic heterocycles. The molecule has 112 valence electrons. The highest BCUT2D eigenvalue weighted by molar-refractivity contribution is 7.22. The van der Waals surface area contributed by atoms with Crippen LogP contribution in [0, 0.1) is 5.92 Å². The molecule has 1 atom stereocenters. The first-order valence-corrected chi connectivity index (χ1v) is 7.94. The highest BCUT2D eigenvalue weighted by Crippen LogP contribution is 2.25. The van der Waals surface area contributed by atoms with Gasteiger partial charge in [-0.3, -0.25) is 4.79 Å². The third-order valence-electron chi connectivity index (χ3n) is 4.02. The summed E-state index contributed by atoms with van der Waals surface area (Å²) in [5.41, 5.74) is 7.27. The number of anilines is 1. The number of nitrogens with two attached hydrogens (primary N) is 1. The molecule has 2 heterocycles. The van der Waals surface area contributed by atoms with E-state index in [9.17, 15) is 4.79 Å². The molecule has 0 bridgehead atoms. The number of rotatable bonds is 3. The molecular weight excluding hydrogens is 284 g/mol. The largest absolute Gasteiger partial charge is 0.375 e. The molecule has 1 fully saturated rings. The molecule has 2 aromatic rings. The molecule has 0 saturated carbocycles. The summed E-state index contributed by atoms with van der Waals surface area (Å²) < 4.78 is 0.965. The SMILES string of the molecule is CN1CCC(CN(C)C(=O)c2ccc3nc(N)sc3c2)C1. The standard InChI is InChI=1S/C15H20N4OS/c1-18-6-5-10(8-18)9-19(2)14(20)11-3-4-12-13(7-11)21-15(16)17-12/h3-4,7,10H,5-6,8-9H2,1-2H3,(H2,16,17). The number of likely N-dealkylation sites (tertiary alicyclic amines) is 1. The summed E-state index contributed by atoms with van der Waals surface area (Å²) >= 11 is 1.42. The van der Waals surface area contributed by atoms with Crippen LogP contribution in [-0.2, 0) is 0 Å². The molecule has 0 spiro atoms. The molecule has 21 heavy (non-hydrogen) atoms. The average molecular weight is 304 g/mol. The molecule has 1 unspecified atom stereocenters. The van der Waals surface area contributed by atoms with Crippen molar-refractivity contribution in [2.24, 2.45) is 5.92 Å². The fourth-order valence-electron chi connectivity index (χ4n) is 2.94. The van der Waals surface area contributed by atoms with Crippen molar-refractivity contribution in [2.45, 2.75) is 6.42 Å². The number of thiazole rings is 1. The number of benzene rings is 1. The summed E-state index contributed by atoms with van der Waals surface area (Å²) in [6.07, 6.45) is 1.17. The fourth-order valence-corrected chi connectivity index (χ4v) is 3.71. The maximum atomic E-state index is 12.5. The Balaban J connectivity index is 1.73. The lowest BCUT2D eigenvalue weighted by atomic mass is 10.1. The maximum absolute atomic E-state index is 12.5. The smallest absolute Gasteiger partial charge is 0.253 e. The van der Waals surface area contributed by atoms with Gasteiger partial charge >= 0.3 is 0 Å². The van der Waals surface area contributed by atoms with Gasteiger partial charge in [-0.05, 0) is 44.1 Å². The van der Waals surface area contributed by atoms with Gasteiger partial charge in [0.2, 0.25) is 0 Å². The molecule has 0 aliphatic carbocycles. The third-order valence-corrected chi connectivity index (χ3v) is 4.87. The molecule has 1 aliphatic rings. The second-order valence-electron chi connectivity index (χ2n) is 5.84. The summed E-state index contributed by atoms with van der Waals surface area (Å²) in [6.45, 7) is 3.01. The van der Waals surface area contributed by atoms with Gasteiger partial charge in [-0.15, -0.1) is 0 Å². The minimum atomic E-state index is 0.0680.